The third kappa shape index (κ3) is 3.62. The smallest absolute Gasteiger partial charge is 0.227 e. The van der Waals surface area contributed by atoms with Crippen molar-refractivity contribution in [2.24, 2.45) is 0 Å². The number of aromatic nitrogens is 1. The van der Waals surface area contributed by atoms with Crippen LogP contribution in [0.1, 0.15) is 11.1 Å². The molecule has 1 saturated heterocycles. The molecule has 26 heavy (non-hydrogen) atoms. The van der Waals surface area contributed by atoms with Crippen molar-refractivity contribution < 1.29 is 9.53 Å². The molecular weight excluding hydrogens is 348 g/mol. The number of rotatable bonds is 4. The number of ether oxygens (including phenoxy) is 1. The minimum absolute atomic E-state index is 0.169. The molecule has 0 saturated carbocycles. The number of amides is 1. The van der Waals surface area contributed by atoms with Crippen LogP contribution in [0.2, 0.25) is 5.02 Å². The first-order valence-electron chi connectivity index (χ1n) is 8.87. The van der Waals surface area contributed by atoms with Gasteiger partial charge >= 0.3 is 0 Å². The van der Waals surface area contributed by atoms with Crippen molar-refractivity contribution in [3.05, 3.63) is 70.9 Å². The lowest BCUT2D eigenvalue weighted by Crippen LogP contribution is -2.41. The molecule has 0 aliphatic carbocycles. The van der Waals surface area contributed by atoms with Gasteiger partial charge in [-0.15, -0.1) is 0 Å². The van der Waals surface area contributed by atoms with Gasteiger partial charge in [0, 0.05) is 41.8 Å². The van der Waals surface area contributed by atoms with Crippen molar-refractivity contribution in [1.82, 2.24) is 9.47 Å². The zero-order chi connectivity index (χ0) is 17.9. The maximum Gasteiger partial charge on any atom is 0.227 e. The van der Waals surface area contributed by atoms with Crippen LogP contribution in [0.4, 0.5) is 0 Å². The van der Waals surface area contributed by atoms with Crippen LogP contribution in [0.3, 0.4) is 0 Å². The fraction of sp³-hybridized carbons (Fsp3) is 0.286. The standard InChI is InChI=1S/C21H21ClN2O2/c22-18-7-5-16(6-8-18)14-24-15-17(19-3-1-2-4-20(19)24)13-21(25)23-9-11-26-12-10-23/h1-8,15H,9-14H2. The van der Waals surface area contributed by atoms with Gasteiger partial charge < -0.3 is 14.2 Å². The Bertz CT molecular complexity index is 911. The van der Waals surface area contributed by atoms with Crippen LogP contribution in [0.15, 0.2) is 54.7 Å². The Morgan fingerprint density at radius 2 is 1.77 bits per heavy atom. The number of hydrogen-bond donors (Lipinski definition) is 0. The lowest BCUT2D eigenvalue weighted by Gasteiger charge is -2.26. The highest BCUT2D eigenvalue weighted by Gasteiger charge is 2.19. The summed E-state index contributed by atoms with van der Waals surface area (Å²) in [6.07, 6.45) is 2.53. The third-order valence-corrected chi connectivity index (χ3v) is 5.09. The second kappa shape index (κ2) is 7.52. The minimum atomic E-state index is 0.169. The van der Waals surface area contributed by atoms with Crippen molar-refractivity contribution in [3.63, 3.8) is 0 Å². The first-order chi connectivity index (χ1) is 12.7. The van der Waals surface area contributed by atoms with Gasteiger partial charge in [0.2, 0.25) is 5.91 Å². The quantitative estimate of drug-likeness (QED) is 0.703. The first-order valence-corrected chi connectivity index (χ1v) is 9.25. The number of nitrogens with zero attached hydrogens (tertiary/aromatic N) is 2. The van der Waals surface area contributed by atoms with E-state index in [2.05, 4.69) is 22.9 Å². The van der Waals surface area contributed by atoms with Crippen molar-refractivity contribution in [1.29, 1.82) is 0 Å². The highest BCUT2D eigenvalue weighted by molar-refractivity contribution is 6.30. The van der Waals surface area contributed by atoms with Gasteiger partial charge in [-0.25, -0.2) is 0 Å². The van der Waals surface area contributed by atoms with Crippen LogP contribution in [0.5, 0.6) is 0 Å². The molecule has 0 spiro atoms. The maximum absolute atomic E-state index is 12.7. The Balaban J connectivity index is 1.61. The van der Waals surface area contributed by atoms with Crippen LogP contribution in [-0.4, -0.2) is 41.7 Å². The summed E-state index contributed by atoms with van der Waals surface area (Å²) in [4.78, 5) is 14.6. The summed E-state index contributed by atoms with van der Waals surface area (Å²) in [5.74, 6) is 0.169. The SMILES string of the molecule is O=C(Cc1cn(Cc2ccc(Cl)cc2)c2ccccc12)N1CCOCC1. The molecule has 0 radical (unpaired) electrons. The molecule has 4 rings (SSSR count). The highest BCUT2D eigenvalue weighted by atomic mass is 35.5. The van der Waals surface area contributed by atoms with Crippen LogP contribution < -0.4 is 0 Å². The summed E-state index contributed by atoms with van der Waals surface area (Å²) in [5, 5.41) is 1.88. The lowest BCUT2D eigenvalue weighted by molar-refractivity contribution is -0.134. The van der Waals surface area contributed by atoms with E-state index >= 15 is 0 Å². The van der Waals surface area contributed by atoms with E-state index in [0.29, 0.717) is 32.7 Å². The molecule has 1 aliphatic heterocycles. The number of halogens is 1. The average Bonchev–Trinajstić information content (AvgIpc) is 3.02. The van der Waals surface area contributed by atoms with Gasteiger partial charge in [-0.05, 0) is 29.3 Å². The van der Waals surface area contributed by atoms with Gasteiger partial charge in [0.05, 0.1) is 19.6 Å². The number of hydrogen-bond acceptors (Lipinski definition) is 2. The van der Waals surface area contributed by atoms with E-state index in [1.165, 1.54) is 5.56 Å². The Kier molecular flexibility index (Phi) is 4.96. The number of fused-ring (bicyclic) bond motifs is 1. The van der Waals surface area contributed by atoms with E-state index in [-0.39, 0.29) is 5.91 Å². The topological polar surface area (TPSA) is 34.5 Å². The van der Waals surface area contributed by atoms with E-state index in [0.717, 1.165) is 28.0 Å². The van der Waals surface area contributed by atoms with E-state index in [9.17, 15) is 4.79 Å². The molecule has 2 heterocycles. The van der Waals surface area contributed by atoms with E-state index < -0.39 is 0 Å². The van der Waals surface area contributed by atoms with Crippen LogP contribution in [0, 0.1) is 0 Å². The molecule has 1 amide bonds. The van der Waals surface area contributed by atoms with Crippen LogP contribution >= 0.6 is 11.6 Å². The normalized spacial score (nSPS) is 14.7. The molecule has 4 nitrogen and oxygen atoms in total. The molecule has 1 aliphatic rings. The molecule has 5 heteroatoms. The molecule has 1 aromatic heterocycles. The number of morpholine rings is 1. The molecule has 3 aromatic rings. The lowest BCUT2D eigenvalue weighted by atomic mass is 10.1. The monoisotopic (exact) mass is 368 g/mol. The minimum Gasteiger partial charge on any atom is -0.378 e. The largest absolute Gasteiger partial charge is 0.378 e. The van der Waals surface area contributed by atoms with Crippen molar-refractivity contribution >= 4 is 28.4 Å². The van der Waals surface area contributed by atoms with E-state index in [1.807, 2.05) is 41.3 Å². The van der Waals surface area contributed by atoms with E-state index in [4.69, 9.17) is 16.3 Å². The summed E-state index contributed by atoms with van der Waals surface area (Å²) in [6.45, 7) is 3.38. The second-order valence-electron chi connectivity index (χ2n) is 6.60. The summed E-state index contributed by atoms with van der Waals surface area (Å²) in [5.41, 5.74) is 3.40. The van der Waals surface area contributed by atoms with Crippen LogP contribution in [0.25, 0.3) is 10.9 Å². The van der Waals surface area contributed by atoms with Crippen molar-refractivity contribution in [3.8, 4) is 0 Å². The molecular formula is C21H21ClN2O2. The molecule has 0 unspecified atom stereocenters. The van der Waals surface area contributed by atoms with Gasteiger partial charge in [-0.3, -0.25) is 4.79 Å². The number of para-hydroxylation sites is 1. The van der Waals surface area contributed by atoms with Crippen molar-refractivity contribution in [2.75, 3.05) is 26.3 Å². The molecule has 2 aromatic carbocycles. The Hall–Kier alpha value is -2.30. The molecule has 0 atom stereocenters. The predicted octanol–water partition coefficient (Wildman–Crippen LogP) is 3.74. The molecule has 1 fully saturated rings. The molecule has 0 N–H and O–H groups in total. The zero-order valence-corrected chi connectivity index (χ0v) is 15.3. The fourth-order valence-corrected chi connectivity index (χ4v) is 3.59. The second-order valence-corrected chi connectivity index (χ2v) is 7.03. The van der Waals surface area contributed by atoms with Gasteiger partial charge in [0.25, 0.3) is 0 Å². The highest BCUT2D eigenvalue weighted by Crippen LogP contribution is 2.24. The number of carbonyl (C=O) groups is 1. The fourth-order valence-electron chi connectivity index (χ4n) is 3.47. The first kappa shape index (κ1) is 17.1. The van der Waals surface area contributed by atoms with Gasteiger partial charge in [0.1, 0.15) is 0 Å². The summed E-state index contributed by atoms with van der Waals surface area (Å²) < 4.78 is 7.55. The van der Waals surface area contributed by atoms with E-state index in [1.54, 1.807) is 0 Å². The van der Waals surface area contributed by atoms with Gasteiger partial charge in [-0.1, -0.05) is 41.9 Å². The summed E-state index contributed by atoms with van der Waals surface area (Å²) in [6, 6.07) is 16.2. The van der Waals surface area contributed by atoms with Crippen molar-refractivity contribution in [2.45, 2.75) is 13.0 Å². The number of carbonyl (C=O) groups excluding carboxylic acids is 1. The Morgan fingerprint density at radius 3 is 2.54 bits per heavy atom. The van der Waals surface area contributed by atoms with Gasteiger partial charge in [-0.2, -0.15) is 0 Å². The summed E-state index contributed by atoms with van der Waals surface area (Å²) in [7, 11) is 0. The number of benzene rings is 2. The molecule has 134 valence electrons. The molecule has 0 bridgehead atoms. The van der Waals surface area contributed by atoms with Crippen LogP contribution in [-0.2, 0) is 22.5 Å². The predicted molar refractivity (Wildman–Crippen MR) is 104 cm³/mol. The summed E-state index contributed by atoms with van der Waals surface area (Å²) >= 11 is 5.99. The zero-order valence-electron chi connectivity index (χ0n) is 14.5. The van der Waals surface area contributed by atoms with Gasteiger partial charge in [0.15, 0.2) is 0 Å². The average molecular weight is 369 g/mol. The Morgan fingerprint density at radius 1 is 1.04 bits per heavy atom. The Labute approximate surface area is 157 Å². The third-order valence-electron chi connectivity index (χ3n) is 4.84. The maximum atomic E-state index is 12.7.